The first-order valence-corrected chi connectivity index (χ1v) is 6.80. The fourth-order valence-electron chi connectivity index (χ4n) is 2.07. The van der Waals surface area contributed by atoms with Crippen LogP contribution in [0.2, 0.25) is 0 Å². The van der Waals surface area contributed by atoms with Crippen molar-refractivity contribution in [2.75, 3.05) is 6.61 Å². The molecule has 2 aromatic rings. The number of hydrogen-bond acceptors (Lipinski definition) is 1. The van der Waals surface area contributed by atoms with Crippen molar-refractivity contribution in [3.05, 3.63) is 34.4 Å². The van der Waals surface area contributed by atoms with Crippen molar-refractivity contribution in [1.29, 1.82) is 0 Å². The molecule has 3 heteroatoms. The number of rotatable bonds is 4. The summed E-state index contributed by atoms with van der Waals surface area (Å²) in [7, 11) is 0. The molecule has 0 atom stereocenters. The van der Waals surface area contributed by atoms with E-state index in [0.717, 1.165) is 11.1 Å². The molecule has 0 aliphatic heterocycles. The first-order valence-electron chi connectivity index (χ1n) is 6.00. The lowest BCUT2D eigenvalue weighted by Crippen LogP contribution is -1.98. The molecule has 17 heavy (non-hydrogen) atoms. The minimum atomic E-state index is 0.451. The van der Waals surface area contributed by atoms with Gasteiger partial charge in [0, 0.05) is 34.3 Å². The Morgan fingerprint density at radius 2 is 2.12 bits per heavy atom. The van der Waals surface area contributed by atoms with E-state index in [1.807, 2.05) is 6.92 Å². The van der Waals surface area contributed by atoms with E-state index in [9.17, 15) is 0 Å². The van der Waals surface area contributed by atoms with Crippen LogP contribution in [0.3, 0.4) is 0 Å². The molecule has 0 bridgehead atoms. The summed E-state index contributed by atoms with van der Waals surface area (Å²) in [5, 5.41) is 1.28. The SMILES string of the molecule is CCOCc1cn(C(C)C)c2c(Br)cccc12. The molecule has 0 saturated carbocycles. The lowest BCUT2D eigenvalue weighted by atomic mass is 10.2. The molecule has 0 amide bonds. The second kappa shape index (κ2) is 5.23. The number of para-hydroxylation sites is 1. The van der Waals surface area contributed by atoms with Crippen molar-refractivity contribution < 1.29 is 4.74 Å². The fraction of sp³-hybridized carbons (Fsp3) is 0.429. The predicted octanol–water partition coefficient (Wildman–Crippen LogP) is 4.52. The summed E-state index contributed by atoms with van der Waals surface area (Å²) >= 11 is 3.64. The molecule has 1 aromatic carbocycles. The summed E-state index contributed by atoms with van der Waals surface area (Å²) in [6.45, 7) is 7.86. The van der Waals surface area contributed by atoms with Gasteiger partial charge in [0.05, 0.1) is 12.1 Å². The van der Waals surface area contributed by atoms with Gasteiger partial charge in [-0.3, -0.25) is 0 Å². The number of hydrogen-bond donors (Lipinski definition) is 0. The highest BCUT2D eigenvalue weighted by atomic mass is 79.9. The van der Waals surface area contributed by atoms with Gasteiger partial charge in [-0.05, 0) is 42.8 Å². The summed E-state index contributed by atoms with van der Waals surface area (Å²) in [6, 6.07) is 6.78. The van der Waals surface area contributed by atoms with Crippen LogP contribution in [-0.2, 0) is 11.3 Å². The number of nitrogens with zero attached hydrogens (tertiary/aromatic N) is 1. The van der Waals surface area contributed by atoms with Crippen molar-refractivity contribution in [3.8, 4) is 0 Å². The Morgan fingerprint density at radius 3 is 2.76 bits per heavy atom. The van der Waals surface area contributed by atoms with E-state index in [4.69, 9.17) is 4.74 Å². The number of ether oxygens (including phenoxy) is 1. The van der Waals surface area contributed by atoms with E-state index in [2.05, 4.69) is 58.7 Å². The first kappa shape index (κ1) is 12.7. The van der Waals surface area contributed by atoms with Crippen LogP contribution in [0.25, 0.3) is 10.9 Å². The van der Waals surface area contributed by atoms with Gasteiger partial charge in [-0.15, -0.1) is 0 Å². The van der Waals surface area contributed by atoms with E-state index in [1.54, 1.807) is 0 Å². The summed E-state index contributed by atoms with van der Waals surface area (Å²) in [5.41, 5.74) is 2.52. The van der Waals surface area contributed by atoms with E-state index < -0.39 is 0 Å². The molecule has 0 fully saturated rings. The highest BCUT2D eigenvalue weighted by molar-refractivity contribution is 9.10. The van der Waals surface area contributed by atoms with Crippen molar-refractivity contribution >= 4 is 26.8 Å². The smallest absolute Gasteiger partial charge is 0.0737 e. The molecule has 0 radical (unpaired) electrons. The summed E-state index contributed by atoms with van der Waals surface area (Å²) in [4.78, 5) is 0. The first-order chi connectivity index (χ1) is 8.15. The van der Waals surface area contributed by atoms with Gasteiger partial charge in [-0.1, -0.05) is 12.1 Å². The van der Waals surface area contributed by atoms with E-state index in [0.29, 0.717) is 12.6 Å². The lowest BCUT2D eigenvalue weighted by Gasteiger charge is -2.09. The normalized spacial score (nSPS) is 11.6. The molecule has 0 aliphatic rings. The number of fused-ring (bicyclic) bond motifs is 1. The third kappa shape index (κ3) is 2.40. The Labute approximate surface area is 111 Å². The van der Waals surface area contributed by atoms with Crippen molar-refractivity contribution in [3.63, 3.8) is 0 Å². The quantitative estimate of drug-likeness (QED) is 0.809. The van der Waals surface area contributed by atoms with Gasteiger partial charge in [0.15, 0.2) is 0 Å². The number of benzene rings is 1. The number of halogens is 1. The Bertz CT molecular complexity index is 516. The minimum absolute atomic E-state index is 0.451. The average molecular weight is 296 g/mol. The van der Waals surface area contributed by atoms with Crippen LogP contribution in [-0.4, -0.2) is 11.2 Å². The summed E-state index contributed by atoms with van der Waals surface area (Å²) in [6.07, 6.45) is 2.20. The molecule has 92 valence electrons. The minimum Gasteiger partial charge on any atom is -0.377 e. The Balaban J connectivity index is 2.58. The van der Waals surface area contributed by atoms with Crippen LogP contribution < -0.4 is 0 Å². The molecule has 2 rings (SSSR count). The van der Waals surface area contributed by atoms with Gasteiger partial charge in [0.2, 0.25) is 0 Å². The summed E-state index contributed by atoms with van der Waals surface area (Å²) in [5.74, 6) is 0. The third-order valence-corrected chi connectivity index (χ3v) is 3.54. The molecular formula is C14H18BrNO. The second-order valence-electron chi connectivity index (χ2n) is 4.43. The highest BCUT2D eigenvalue weighted by Gasteiger charge is 2.12. The van der Waals surface area contributed by atoms with Crippen molar-refractivity contribution in [2.24, 2.45) is 0 Å². The average Bonchev–Trinajstić information content (AvgIpc) is 2.67. The van der Waals surface area contributed by atoms with E-state index >= 15 is 0 Å². The maximum absolute atomic E-state index is 5.53. The Morgan fingerprint density at radius 1 is 1.35 bits per heavy atom. The van der Waals surface area contributed by atoms with Crippen LogP contribution in [0.15, 0.2) is 28.9 Å². The Kier molecular flexibility index (Phi) is 3.89. The maximum atomic E-state index is 5.53. The van der Waals surface area contributed by atoms with Crippen LogP contribution in [0.4, 0.5) is 0 Å². The molecule has 0 aliphatic carbocycles. The van der Waals surface area contributed by atoms with Gasteiger partial charge >= 0.3 is 0 Å². The van der Waals surface area contributed by atoms with Crippen LogP contribution >= 0.6 is 15.9 Å². The standard InChI is InChI=1S/C14H18BrNO/c1-4-17-9-11-8-16(10(2)3)14-12(11)6-5-7-13(14)15/h5-8,10H,4,9H2,1-3H3. The molecule has 0 unspecified atom stereocenters. The van der Waals surface area contributed by atoms with Crippen LogP contribution in [0, 0.1) is 0 Å². The molecule has 1 heterocycles. The zero-order valence-corrected chi connectivity index (χ0v) is 12.1. The Hall–Kier alpha value is -0.800. The summed E-state index contributed by atoms with van der Waals surface area (Å²) < 4.78 is 8.98. The van der Waals surface area contributed by atoms with Crippen molar-refractivity contribution in [2.45, 2.75) is 33.4 Å². The highest BCUT2D eigenvalue weighted by Crippen LogP contribution is 2.31. The zero-order chi connectivity index (χ0) is 12.4. The molecule has 1 aromatic heterocycles. The fourth-order valence-corrected chi connectivity index (χ4v) is 2.64. The van der Waals surface area contributed by atoms with Gasteiger partial charge in [-0.2, -0.15) is 0 Å². The van der Waals surface area contributed by atoms with Gasteiger partial charge < -0.3 is 9.30 Å². The molecular weight excluding hydrogens is 278 g/mol. The van der Waals surface area contributed by atoms with Crippen molar-refractivity contribution in [1.82, 2.24) is 4.57 Å². The van der Waals surface area contributed by atoms with Gasteiger partial charge in [0.25, 0.3) is 0 Å². The zero-order valence-electron chi connectivity index (χ0n) is 10.5. The van der Waals surface area contributed by atoms with E-state index in [1.165, 1.54) is 16.5 Å². The second-order valence-corrected chi connectivity index (χ2v) is 5.28. The molecule has 0 saturated heterocycles. The lowest BCUT2D eigenvalue weighted by molar-refractivity contribution is 0.135. The predicted molar refractivity (Wildman–Crippen MR) is 75.4 cm³/mol. The van der Waals surface area contributed by atoms with E-state index in [-0.39, 0.29) is 0 Å². The molecule has 2 nitrogen and oxygen atoms in total. The maximum Gasteiger partial charge on any atom is 0.0737 e. The van der Waals surface area contributed by atoms with Crippen LogP contribution in [0.5, 0.6) is 0 Å². The topological polar surface area (TPSA) is 14.2 Å². The van der Waals surface area contributed by atoms with Crippen LogP contribution in [0.1, 0.15) is 32.4 Å². The molecule has 0 spiro atoms. The largest absolute Gasteiger partial charge is 0.377 e. The number of aromatic nitrogens is 1. The van der Waals surface area contributed by atoms with Gasteiger partial charge in [0.1, 0.15) is 0 Å². The third-order valence-electron chi connectivity index (χ3n) is 2.90. The van der Waals surface area contributed by atoms with Gasteiger partial charge in [-0.25, -0.2) is 0 Å². The molecule has 0 N–H and O–H groups in total. The monoisotopic (exact) mass is 295 g/mol.